The van der Waals surface area contributed by atoms with Crippen molar-refractivity contribution in [3.05, 3.63) is 59.7 Å². The van der Waals surface area contributed by atoms with Gasteiger partial charge in [-0.15, -0.1) is 24.0 Å². The number of hydrogen-bond donors (Lipinski definition) is 2. The number of aryl methyl sites for hydroxylation is 1. The van der Waals surface area contributed by atoms with Crippen molar-refractivity contribution in [1.29, 1.82) is 0 Å². The van der Waals surface area contributed by atoms with E-state index in [1.54, 1.807) is 12.4 Å². The van der Waals surface area contributed by atoms with Gasteiger partial charge < -0.3 is 11.1 Å². The molecule has 3 N–H and O–H groups in total. The van der Waals surface area contributed by atoms with E-state index in [2.05, 4.69) is 20.3 Å². The van der Waals surface area contributed by atoms with E-state index in [-0.39, 0.29) is 24.0 Å². The van der Waals surface area contributed by atoms with E-state index in [0.717, 1.165) is 23.4 Å². The van der Waals surface area contributed by atoms with Crippen molar-refractivity contribution in [2.24, 2.45) is 10.7 Å². The maximum Gasteiger partial charge on any atom is 0.188 e. The second-order valence-electron chi connectivity index (χ2n) is 4.47. The molecule has 2 aromatic rings. The van der Waals surface area contributed by atoms with E-state index in [0.29, 0.717) is 19.0 Å². The molecule has 0 saturated carbocycles. The van der Waals surface area contributed by atoms with Crippen molar-refractivity contribution in [3.8, 4) is 0 Å². The summed E-state index contributed by atoms with van der Waals surface area (Å²) in [6.07, 6.45) is 4.37. The van der Waals surface area contributed by atoms with Crippen LogP contribution in [-0.4, -0.2) is 22.5 Å². The fourth-order valence-corrected chi connectivity index (χ4v) is 1.76. The number of halogens is 1. The highest BCUT2D eigenvalue weighted by molar-refractivity contribution is 14.0. The number of rotatable bonds is 5. The minimum atomic E-state index is 0. The van der Waals surface area contributed by atoms with Gasteiger partial charge in [-0.05, 0) is 30.7 Å². The Hall–Kier alpha value is -1.70. The Bertz CT molecular complexity index is 571. The van der Waals surface area contributed by atoms with Crippen molar-refractivity contribution < 1.29 is 0 Å². The molecule has 0 amide bonds. The smallest absolute Gasteiger partial charge is 0.188 e. The third kappa shape index (κ3) is 6.07. The Morgan fingerprint density at radius 1 is 1.19 bits per heavy atom. The van der Waals surface area contributed by atoms with E-state index < -0.39 is 0 Å². The molecular formula is C15H20IN5. The van der Waals surface area contributed by atoms with Crippen molar-refractivity contribution in [2.45, 2.75) is 19.9 Å². The molecule has 2 heterocycles. The lowest BCUT2D eigenvalue weighted by Crippen LogP contribution is -2.33. The average Bonchev–Trinajstić information content (AvgIpc) is 2.47. The molecule has 2 aromatic heterocycles. The van der Waals surface area contributed by atoms with Crippen molar-refractivity contribution >= 4 is 29.9 Å². The zero-order valence-corrected chi connectivity index (χ0v) is 14.3. The zero-order valence-electron chi connectivity index (χ0n) is 12.0. The number of nitrogens with two attached hydrogens (primary N) is 1. The number of aromatic nitrogens is 2. The van der Waals surface area contributed by atoms with Crippen LogP contribution in [0.5, 0.6) is 0 Å². The molecule has 0 bridgehead atoms. The lowest BCUT2D eigenvalue weighted by atomic mass is 10.2. The molecule has 0 saturated heterocycles. The van der Waals surface area contributed by atoms with Crippen LogP contribution in [0.1, 0.15) is 17.0 Å². The Balaban J connectivity index is 0.00000220. The molecule has 0 aliphatic carbocycles. The molecular weight excluding hydrogens is 377 g/mol. The first kappa shape index (κ1) is 17.4. The first-order valence-corrected chi connectivity index (χ1v) is 6.60. The largest absolute Gasteiger partial charge is 0.370 e. The maximum absolute atomic E-state index is 5.83. The van der Waals surface area contributed by atoms with E-state index >= 15 is 0 Å². The standard InChI is InChI=1S/C15H19N5.HI/c1-12-5-4-9-18-14(12)11-20-15(16)19-10-7-13-6-2-3-8-17-13;/h2-6,8-9H,7,10-11H2,1H3,(H3,16,19,20);1H. The first-order valence-electron chi connectivity index (χ1n) is 6.60. The summed E-state index contributed by atoms with van der Waals surface area (Å²) in [7, 11) is 0. The lowest BCUT2D eigenvalue weighted by Gasteiger charge is -2.06. The first-order chi connectivity index (χ1) is 9.75. The number of nitrogens with one attached hydrogen (secondary N) is 1. The van der Waals surface area contributed by atoms with Crippen LogP contribution in [0.3, 0.4) is 0 Å². The van der Waals surface area contributed by atoms with Crippen LogP contribution in [0.25, 0.3) is 0 Å². The quantitative estimate of drug-likeness (QED) is 0.460. The topological polar surface area (TPSA) is 76.2 Å². The Kier molecular flexibility index (Phi) is 7.66. The minimum Gasteiger partial charge on any atom is -0.370 e. The third-order valence-corrected chi connectivity index (χ3v) is 2.93. The molecule has 112 valence electrons. The van der Waals surface area contributed by atoms with E-state index in [4.69, 9.17) is 5.73 Å². The summed E-state index contributed by atoms with van der Waals surface area (Å²) in [5.41, 5.74) is 8.93. The lowest BCUT2D eigenvalue weighted by molar-refractivity contribution is 0.824. The number of aliphatic imine (C=N–C) groups is 1. The van der Waals surface area contributed by atoms with Gasteiger partial charge in [-0.1, -0.05) is 12.1 Å². The van der Waals surface area contributed by atoms with Gasteiger partial charge in [0.2, 0.25) is 0 Å². The highest BCUT2D eigenvalue weighted by Crippen LogP contribution is 2.03. The third-order valence-electron chi connectivity index (χ3n) is 2.93. The summed E-state index contributed by atoms with van der Waals surface area (Å²) < 4.78 is 0. The van der Waals surface area contributed by atoms with Crippen LogP contribution in [0.15, 0.2) is 47.7 Å². The molecule has 0 fully saturated rings. The van der Waals surface area contributed by atoms with Gasteiger partial charge in [-0.2, -0.15) is 0 Å². The molecule has 21 heavy (non-hydrogen) atoms. The average molecular weight is 397 g/mol. The molecule has 5 nitrogen and oxygen atoms in total. The Labute approximate surface area is 142 Å². The Morgan fingerprint density at radius 2 is 2.00 bits per heavy atom. The summed E-state index contributed by atoms with van der Waals surface area (Å²) >= 11 is 0. The Morgan fingerprint density at radius 3 is 2.71 bits per heavy atom. The van der Waals surface area contributed by atoms with Gasteiger partial charge in [-0.3, -0.25) is 9.97 Å². The predicted octanol–water partition coefficient (Wildman–Crippen LogP) is 2.05. The summed E-state index contributed by atoms with van der Waals surface area (Å²) in [6, 6.07) is 9.80. The summed E-state index contributed by atoms with van der Waals surface area (Å²) in [5.74, 6) is 0.436. The van der Waals surface area contributed by atoms with E-state index in [9.17, 15) is 0 Å². The summed E-state index contributed by atoms with van der Waals surface area (Å²) in [4.78, 5) is 12.8. The molecule has 2 rings (SSSR count). The van der Waals surface area contributed by atoms with Gasteiger partial charge in [0.1, 0.15) is 0 Å². The molecule has 6 heteroatoms. The molecule has 0 aromatic carbocycles. The van der Waals surface area contributed by atoms with E-state index in [1.165, 1.54) is 0 Å². The van der Waals surface area contributed by atoms with Gasteiger partial charge in [0, 0.05) is 31.1 Å². The second-order valence-corrected chi connectivity index (χ2v) is 4.47. The van der Waals surface area contributed by atoms with Gasteiger partial charge in [0.15, 0.2) is 5.96 Å². The van der Waals surface area contributed by atoms with Crippen molar-refractivity contribution in [1.82, 2.24) is 15.3 Å². The van der Waals surface area contributed by atoms with Gasteiger partial charge in [0.05, 0.1) is 12.2 Å². The maximum atomic E-state index is 5.83. The molecule has 0 atom stereocenters. The monoisotopic (exact) mass is 397 g/mol. The van der Waals surface area contributed by atoms with Gasteiger partial charge in [0.25, 0.3) is 0 Å². The highest BCUT2D eigenvalue weighted by Gasteiger charge is 1.98. The molecule has 0 spiro atoms. The SMILES string of the molecule is Cc1cccnc1CN=C(N)NCCc1ccccn1.I. The van der Waals surface area contributed by atoms with Gasteiger partial charge in [-0.25, -0.2) is 4.99 Å². The summed E-state index contributed by atoms with van der Waals surface area (Å²) in [5, 5.41) is 3.08. The zero-order chi connectivity index (χ0) is 14.2. The normalized spacial score (nSPS) is 10.8. The second kappa shape index (κ2) is 9.28. The van der Waals surface area contributed by atoms with Crippen LogP contribution in [0.4, 0.5) is 0 Å². The number of nitrogens with zero attached hydrogens (tertiary/aromatic N) is 3. The van der Waals surface area contributed by atoms with Crippen molar-refractivity contribution in [2.75, 3.05) is 6.54 Å². The molecule has 0 aliphatic heterocycles. The van der Waals surface area contributed by atoms with Crippen LogP contribution in [0.2, 0.25) is 0 Å². The summed E-state index contributed by atoms with van der Waals surface area (Å²) in [6.45, 7) is 3.23. The molecule has 0 unspecified atom stereocenters. The minimum absolute atomic E-state index is 0. The van der Waals surface area contributed by atoms with Gasteiger partial charge >= 0.3 is 0 Å². The number of guanidine groups is 1. The van der Waals surface area contributed by atoms with Crippen LogP contribution >= 0.6 is 24.0 Å². The number of pyridine rings is 2. The fraction of sp³-hybridized carbons (Fsp3) is 0.267. The number of hydrogen-bond acceptors (Lipinski definition) is 3. The highest BCUT2D eigenvalue weighted by atomic mass is 127. The fourth-order valence-electron chi connectivity index (χ4n) is 1.76. The van der Waals surface area contributed by atoms with Crippen LogP contribution < -0.4 is 11.1 Å². The predicted molar refractivity (Wildman–Crippen MR) is 95.7 cm³/mol. The van der Waals surface area contributed by atoms with Crippen LogP contribution in [0, 0.1) is 6.92 Å². The van der Waals surface area contributed by atoms with Crippen LogP contribution in [-0.2, 0) is 13.0 Å². The molecule has 0 aliphatic rings. The molecule has 0 radical (unpaired) electrons. The van der Waals surface area contributed by atoms with E-state index in [1.807, 2.05) is 37.3 Å². The van der Waals surface area contributed by atoms with Crippen molar-refractivity contribution in [3.63, 3.8) is 0 Å².